The van der Waals surface area contributed by atoms with E-state index in [0.29, 0.717) is 12.5 Å². The highest BCUT2D eigenvalue weighted by molar-refractivity contribution is 5.93. The second kappa shape index (κ2) is 5.49. The summed E-state index contributed by atoms with van der Waals surface area (Å²) in [5.74, 6) is -2.02. The zero-order valence-electron chi connectivity index (χ0n) is 10.6. The van der Waals surface area contributed by atoms with E-state index in [0.717, 1.165) is 0 Å². The van der Waals surface area contributed by atoms with Crippen LogP contribution in [0.3, 0.4) is 0 Å². The Balaban J connectivity index is 2.75. The molecule has 0 spiro atoms. The Morgan fingerprint density at radius 2 is 1.90 bits per heavy atom. The third-order valence-corrected chi connectivity index (χ3v) is 2.73. The molecule has 0 fully saturated rings. The monoisotopic (exact) mass is 289 g/mol. The third kappa shape index (κ3) is 3.47. The van der Waals surface area contributed by atoms with Gasteiger partial charge in [0.25, 0.3) is 0 Å². The molecule has 0 radical (unpaired) electrons. The van der Waals surface area contributed by atoms with Crippen molar-refractivity contribution in [1.82, 2.24) is 5.32 Å². The number of carbonyl (C=O) groups is 2. The van der Waals surface area contributed by atoms with Crippen LogP contribution in [0.5, 0.6) is 0 Å². The lowest BCUT2D eigenvalue weighted by Gasteiger charge is -2.26. The number of benzene rings is 1. The number of primary amides is 1. The first-order valence-electron chi connectivity index (χ1n) is 5.58. The quantitative estimate of drug-likeness (QED) is 0.760. The van der Waals surface area contributed by atoms with Crippen LogP contribution in [-0.2, 0) is 11.3 Å². The predicted octanol–water partition coefficient (Wildman–Crippen LogP) is 0.681. The van der Waals surface area contributed by atoms with Crippen LogP contribution in [0.1, 0.15) is 22.8 Å². The third-order valence-electron chi connectivity index (χ3n) is 2.73. The molecule has 5 N–H and O–H groups in total. The maximum atomic E-state index is 12.5. The smallest absolute Gasteiger partial charge is 0.366 e. The molecule has 0 aliphatic heterocycles. The Kier molecular flexibility index (Phi) is 4.39. The fraction of sp³-hybridized carbons (Fsp3) is 0.333. The molecule has 0 heterocycles. The van der Waals surface area contributed by atoms with Crippen LogP contribution >= 0.6 is 0 Å². The van der Waals surface area contributed by atoms with Crippen LogP contribution in [0.15, 0.2) is 24.3 Å². The van der Waals surface area contributed by atoms with Gasteiger partial charge in [0, 0.05) is 12.1 Å². The van der Waals surface area contributed by atoms with Gasteiger partial charge in [0.1, 0.15) is 0 Å². The van der Waals surface area contributed by atoms with E-state index in [9.17, 15) is 22.8 Å². The maximum absolute atomic E-state index is 12.5. The highest BCUT2D eigenvalue weighted by Gasteiger charge is 2.53. The van der Waals surface area contributed by atoms with Crippen molar-refractivity contribution < 1.29 is 22.8 Å². The first-order valence-corrected chi connectivity index (χ1v) is 5.58. The molecule has 8 heteroatoms. The van der Waals surface area contributed by atoms with Gasteiger partial charge in [-0.3, -0.25) is 9.59 Å². The van der Waals surface area contributed by atoms with Crippen molar-refractivity contribution in [3.63, 3.8) is 0 Å². The van der Waals surface area contributed by atoms with Crippen LogP contribution in [-0.4, -0.2) is 23.5 Å². The lowest BCUT2D eigenvalue weighted by Crippen LogP contribution is -2.61. The van der Waals surface area contributed by atoms with Crippen LogP contribution in [0, 0.1) is 0 Å². The number of carbonyl (C=O) groups excluding carboxylic acids is 2. The summed E-state index contributed by atoms with van der Waals surface area (Å²) in [6, 6.07) is 5.88. The summed E-state index contributed by atoms with van der Waals surface area (Å²) >= 11 is 0. The molecule has 0 aliphatic carbocycles. The Bertz CT molecular complexity index is 527. The molecule has 1 aromatic carbocycles. The van der Waals surface area contributed by atoms with Gasteiger partial charge in [0.15, 0.2) is 5.54 Å². The largest absolute Gasteiger partial charge is 0.415 e. The number of halogens is 3. The summed E-state index contributed by atoms with van der Waals surface area (Å²) in [5, 5.41) is 2.08. The number of rotatable bonds is 4. The number of nitrogens with two attached hydrogens (primary N) is 2. The molecule has 1 aromatic rings. The highest BCUT2D eigenvalue weighted by atomic mass is 19.4. The van der Waals surface area contributed by atoms with Crippen molar-refractivity contribution in [2.24, 2.45) is 11.5 Å². The van der Waals surface area contributed by atoms with E-state index in [-0.39, 0.29) is 12.1 Å². The van der Waals surface area contributed by atoms with Gasteiger partial charge in [-0.1, -0.05) is 12.1 Å². The second-order valence-corrected chi connectivity index (χ2v) is 4.45. The molecule has 1 atom stereocenters. The second-order valence-electron chi connectivity index (χ2n) is 4.45. The molecule has 0 aliphatic rings. The van der Waals surface area contributed by atoms with Gasteiger partial charge < -0.3 is 16.8 Å². The van der Waals surface area contributed by atoms with Gasteiger partial charge in [0.2, 0.25) is 11.8 Å². The van der Waals surface area contributed by atoms with E-state index >= 15 is 0 Å². The van der Waals surface area contributed by atoms with E-state index < -0.39 is 23.5 Å². The summed E-state index contributed by atoms with van der Waals surface area (Å²) < 4.78 is 37.6. The zero-order chi connectivity index (χ0) is 15.6. The van der Waals surface area contributed by atoms with Crippen LogP contribution < -0.4 is 16.8 Å². The number of alkyl halides is 3. The Hall–Kier alpha value is -2.09. The molecular formula is C12H14F3N3O2. The first kappa shape index (κ1) is 16.0. The van der Waals surface area contributed by atoms with Gasteiger partial charge in [-0.2, -0.15) is 13.2 Å². The van der Waals surface area contributed by atoms with Gasteiger partial charge >= 0.3 is 6.18 Å². The average Bonchev–Trinajstić information content (AvgIpc) is 2.34. The van der Waals surface area contributed by atoms with Crippen LogP contribution in [0.2, 0.25) is 0 Å². The van der Waals surface area contributed by atoms with E-state index in [1.807, 2.05) is 0 Å². The SMILES string of the molecule is CC(N)(C(=O)NCc1cccc(C(N)=O)c1)C(F)(F)F. The van der Waals surface area contributed by atoms with Crippen molar-refractivity contribution in [2.45, 2.75) is 25.2 Å². The molecule has 110 valence electrons. The highest BCUT2D eigenvalue weighted by Crippen LogP contribution is 2.27. The lowest BCUT2D eigenvalue weighted by molar-refractivity contribution is -0.187. The number of amides is 2. The summed E-state index contributed by atoms with van der Waals surface area (Å²) in [4.78, 5) is 22.4. The van der Waals surface area contributed by atoms with E-state index in [4.69, 9.17) is 11.5 Å². The standard InChI is InChI=1S/C12H14F3N3O2/c1-11(17,12(13,14)15)10(20)18-6-7-3-2-4-8(5-7)9(16)19/h2-5H,6,17H2,1H3,(H2,16,19)(H,18,20). The Labute approximate surface area is 113 Å². The summed E-state index contributed by atoms with van der Waals surface area (Å²) in [6.07, 6.45) is -4.86. The van der Waals surface area contributed by atoms with Crippen LogP contribution in [0.4, 0.5) is 13.2 Å². The minimum atomic E-state index is -4.86. The minimum Gasteiger partial charge on any atom is -0.366 e. The van der Waals surface area contributed by atoms with E-state index in [2.05, 4.69) is 5.32 Å². The molecule has 1 unspecified atom stereocenters. The molecule has 0 saturated heterocycles. The molecule has 2 amide bonds. The van der Waals surface area contributed by atoms with Crippen molar-refractivity contribution in [2.75, 3.05) is 0 Å². The Morgan fingerprint density at radius 3 is 2.40 bits per heavy atom. The lowest BCUT2D eigenvalue weighted by atomic mass is 10.0. The molecule has 0 saturated carbocycles. The van der Waals surface area contributed by atoms with Gasteiger partial charge in [0.05, 0.1) is 0 Å². The average molecular weight is 289 g/mol. The summed E-state index contributed by atoms with van der Waals surface area (Å²) in [5.41, 5.74) is 7.70. The minimum absolute atomic E-state index is 0.192. The topological polar surface area (TPSA) is 98.2 Å². The molecule has 1 rings (SSSR count). The Morgan fingerprint density at radius 1 is 1.30 bits per heavy atom. The first-order chi connectivity index (χ1) is 9.05. The maximum Gasteiger partial charge on any atom is 0.415 e. The summed E-state index contributed by atoms with van der Waals surface area (Å²) in [7, 11) is 0. The van der Waals surface area contributed by atoms with Crippen LogP contribution in [0.25, 0.3) is 0 Å². The number of nitrogens with one attached hydrogen (secondary N) is 1. The van der Waals surface area contributed by atoms with Crippen molar-refractivity contribution in [3.8, 4) is 0 Å². The normalized spacial score (nSPS) is 14.4. The summed E-state index contributed by atoms with van der Waals surface area (Å²) in [6.45, 7) is 0.394. The molecular weight excluding hydrogens is 275 g/mol. The van der Waals surface area contributed by atoms with Gasteiger partial charge in [-0.25, -0.2) is 0 Å². The van der Waals surface area contributed by atoms with Gasteiger partial charge in [-0.05, 0) is 24.6 Å². The van der Waals surface area contributed by atoms with Crippen molar-refractivity contribution >= 4 is 11.8 Å². The van der Waals surface area contributed by atoms with Gasteiger partial charge in [-0.15, -0.1) is 0 Å². The molecule has 0 aromatic heterocycles. The number of hydrogen-bond acceptors (Lipinski definition) is 3. The van der Waals surface area contributed by atoms with E-state index in [1.54, 1.807) is 0 Å². The number of hydrogen-bond donors (Lipinski definition) is 3. The predicted molar refractivity (Wildman–Crippen MR) is 65.5 cm³/mol. The zero-order valence-corrected chi connectivity index (χ0v) is 10.6. The molecule has 20 heavy (non-hydrogen) atoms. The van der Waals surface area contributed by atoms with Crippen molar-refractivity contribution in [1.29, 1.82) is 0 Å². The van der Waals surface area contributed by atoms with Crippen molar-refractivity contribution in [3.05, 3.63) is 35.4 Å². The van der Waals surface area contributed by atoms with E-state index in [1.165, 1.54) is 24.3 Å². The fourth-order valence-corrected chi connectivity index (χ4v) is 1.33. The fourth-order valence-electron chi connectivity index (χ4n) is 1.33. The molecule has 0 bridgehead atoms. The molecule has 5 nitrogen and oxygen atoms in total.